The Labute approximate surface area is 100.0 Å². The monoisotopic (exact) mass is 232 g/mol. The van der Waals surface area contributed by atoms with Gasteiger partial charge in [0.05, 0.1) is 6.10 Å². The number of benzene rings is 2. The number of rotatable bonds is 4. The van der Waals surface area contributed by atoms with E-state index in [1.54, 1.807) is 6.07 Å². The maximum atomic E-state index is 9.92. The summed E-state index contributed by atoms with van der Waals surface area (Å²) < 4.78 is 0. The van der Waals surface area contributed by atoms with Crippen molar-refractivity contribution in [2.75, 3.05) is 6.61 Å². The molecule has 0 radical (unpaired) electrons. The molecule has 0 heterocycles. The summed E-state index contributed by atoms with van der Waals surface area (Å²) in [6.07, 6.45) is -1.71. The van der Waals surface area contributed by atoms with Gasteiger partial charge >= 0.3 is 0 Å². The third-order valence-corrected chi connectivity index (χ3v) is 2.90. The van der Waals surface area contributed by atoms with Gasteiger partial charge < -0.3 is 15.3 Å². The minimum atomic E-state index is -0.952. The molecule has 0 bridgehead atoms. The topological polar surface area (TPSA) is 60.7 Å². The number of hydrogen-bond acceptors (Lipinski definition) is 3. The van der Waals surface area contributed by atoms with E-state index in [0.717, 1.165) is 10.8 Å². The molecular weight excluding hydrogens is 216 g/mol. The fourth-order valence-corrected chi connectivity index (χ4v) is 1.90. The summed E-state index contributed by atoms with van der Waals surface area (Å²) in [6.45, 7) is -0.133. The van der Waals surface area contributed by atoms with Crippen molar-refractivity contribution in [3.8, 4) is 0 Å². The van der Waals surface area contributed by atoms with Gasteiger partial charge in [0.15, 0.2) is 0 Å². The second kappa shape index (κ2) is 5.27. The number of aliphatic hydroxyl groups excluding tert-OH is 3. The van der Waals surface area contributed by atoms with Crippen LogP contribution in [0.25, 0.3) is 10.8 Å². The minimum Gasteiger partial charge on any atom is -0.396 e. The summed E-state index contributed by atoms with van der Waals surface area (Å²) in [7, 11) is 0. The van der Waals surface area contributed by atoms with Crippen LogP contribution in [0.5, 0.6) is 0 Å². The summed E-state index contributed by atoms with van der Waals surface area (Å²) in [5.74, 6) is 0. The minimum absolute atomic E-state index is 0.133. The maximum Gasteiger partial charge on any atom is 0.105 e. The fraction of sp³-hybridized carbons (Fsp3) is 0.286. The molecular formula is C14H16O3. The molecule has 2 aromatic rings. The molecule has 3 heteroatoms. The average Bonchev–Trinajstić information content (AvgIpc) is 2.37. The first-order chi connectivity index (χ1) is 8.22. The van der Waals surface area contributed by atoms with Gasteiger partial charge in [0.1, 0.15) is 6.10 Å². The van der Waals surface area contributed by atoms with Crippen molar-refractivity contribution in [2.45, 2.75) is 18.6 Å². The van der Waals surface area contributed by atoms with Crippen molar-refractivity contribution >= 4 is 10.8 Å². The molecule has 0 saturated carbocycles. The van der Waals surface area contributed by atoms with Gasteiger partial charge in [-0.25, -0.2) is 0 Å². The van der Waals surface area contributed by atoms with Crippen LogP contribution in [0.1, 0.15) is 18.1 Å². The lowest BCUT2D eigenvalue weighted by Gasteiger charge is -2.17. The van der Waals surface area contributed by atoms with Crippen LogP contribution >= 0.6 is 0 Å². The van der Waals surface area contributed by atoms with Crippen LogP contribution in [0.3, 0.4) is 0 Å². The highest BCUT2D eigenvalue weighted by Gasteiger charge is 2.17. The maximum absolute atomic E-state index is 9.92. The van der Waals surface area contributed by atoms with Crippen molar-refractivity contribution in [3.05, 3.63) is 48.0 Å². The Balaban J connectivity index is 2.29. The lowest BCUT2D eigenvalue weighted by molar-refractivity contribution is 0.00429. The predicted octanol–water partition coefficient (Wildman–Crippen LogP) is 1.62. The molecule has 0 aliphatic heterocycles. The normalized spacial score (nSPS) is 14.8. The molecule has 0 aliphatic carbocycles. The molecule has 17 heavy (non-hydrogen) atoms. The first-order valence-electron chi connectivity index (χ1n) is 5.68. The molecule has 3 nitrogen and oxygen atoms in total. The highest BCUT2D eigenvalue weighted by Crippen LogP contribution is 2.23. The Morgan fingerprint density at radius 2 is 1.65 bits per heavy atom. The molecule has 0 aliphatic rings. The molecule has 90 valence electrons. The van der Waals surface area contributed by atoms with Crippen LogP contribution in [-0.2, 0) is 0 Å². The molecule has 0 saturated heterocycles. The van der Waals surface area contributed by atoms with E-state index in [1.807, 2.05) is 36.4 Å². The third-order valence-electron chi connectivity index (χ3n) is 2.90. The van der Waals surface area contributed by atoms with E-state index < -0.39 is 12.2 Å². The predicted molar refractivity (Wildman–Crippen MR) is 66.6 cm³/mol. The highest BCUT2D eigenvalue weighted by atomic mass is 16.3. The fourth-order valence-electron chi connectivity index (χ4n) is 1.90. The van der Waals surface area contributed by atoms with Gasteiger partial charge in [0.2, 0.25) is 0 Å². The molecule has 2 atom stereocenters. The summed E-state index contributed by atoms with van der Waals surface area (Å²) in [6, 6.07) is 13.4. The third kappa shape index (κ3) is 2.64. The van der Waals surface area contributed by atoms with Gasteiger partial charge in [-0.3, -0.25) is 0 Å². The summed E-state index contributed by atoms with van der Waals surface area (Å²) >= 11 is 0. The van der Waals surface area contributed by atoms with Crippen LogP contribution in [0.4, 0.5) is 0 Å². The van der Waals surface area contributed by atoms with E-state index in [-0.39, 0.29) is 13.0 Å². The Hall–Kier alpha value is -1.42. The van der Waals surface area contributed by atoms with E-state index in [9.17, 15) is 10.2 Å². The van der Waals surface area contributed by atoms with Gasteiger partial charge in [-0.1, -0.05) is 36.4 Å². The van der Waals surface area contributed by atoms with Crippen molar-refractivity contribution in [2.24, 2.45) is 0 Å². The zero-order valence-electron chi connectivity index (χ0n) is 9.45. The standard InChI is InChI=1S/C14H16O3/c15-8-7-13(16)14(17)12-6-5-10-3-1-2-4-11(10)9-12/h1-6,9,13-17H,7-8H2. The van der Waals surface area contributed by atoms with E-state index in [4.69, 9.17) is 5.11 Å². The molecule has 0 aromatic heterocycles. The second-order valence-corrected chi connectivity index (χ2v) is 4.13. The molecule has 3 N–H and O–H groups in total. The first-order valence-corrected chi connectivity index (χ1v) is 5.68. The molecule has 2 rings (SSSR count). The second-order valence-electron chi connectivity index (χ2n) is 4.13. The van der Waals surface area contributed by atoms with Crippen molar-refractivity contribution in [3.63, 3.8) is 0 Å². The van der Waals surface area contributed by atoms with Gasteiger partial charge in [-0.05, 0) is 28.8 Å². The quantitative estimate of drug-likeness (QED) is 0.750. The van der Waals surface area contributed by atoms with E-state index in [0.29, 0.717) is 5.56 Å². The van der Waals surface area contributed by atoms with Gasteiger partial charge in [0.25, 0.3) is 0 Å². The summed E-state index contributed by atoms with van der Waals surface area (Å²) in [5.41, 5.74) is 0.671. The Bertz CT molecular complexity index is 496. The smallest absolute Gasteiger partial charge is 0.105 e. The van der Waals surface area contributed by atoms with Gasteiger partial charge in [0, 0.05) is 6.61 Å². The van der Waals surface area contributed by atoms with Crippen molar-refractivity contribution in [1.82, 2.24) is 0 Å². The number of hydrogen-bond donors (Lipinski definition) is 3. The Morgan fingerprint density at radius 3 is 2.35 bits per heavy atom. The van der Waals surface area contributed by atoms with Gasteiger partial charge in [-0.15, -0.1) is 0 Å². The van der Waals surface area contributed by atoms with Crippen molar-refractivity contribution in [1.29, 1.82) is 0 Å². The zero-order valence-corrected chi connectivity index (χ0v) is 9.45. The summed E-state index contributed by atoms with van der Waals surface area (Å²) in [4.78, 5) is 0. The van der Waals surface area contributed by atoms with Gasteiger partial charge in [-0.2, -0.15) is 0 Å². The Kier molecular flexibility index (Phi) is 3.74. The van der Waals surface area contributed by atoms with Crippen LogP contribution in [-0.4, -0.2) is 28.0 Å². The summed E-state index contributed by atoms with van der Waals surface area (Å²) in [5, 5.41) is 30.4. The lowest BCUT2D eigenvalue weighted by atomic mass is 9.99. The molecule has 0 fully saturated rings. The SMILES string of the molecule is OCCC(O)C(O)c1ccc2ccccc2c1. The van der Waals surface area contributed by atoms with Crippen LogP contribution < -0.4 is 0 Å². The molecule has 0 spiro atoms. The highest BCUT2D eigenvalue weighted by molar-refractivity contribution is 5.83. The van der Waals surface area contributed by atoms with E-state index in [1.165, 1.54) is 0 Å². The van der Waals surface area contributed by atoms with E-state index >= 15 is 0 Å². The Morgan fingerprint density at radius 1 is 0.941 bits per heavy atom. The zero-order chi connectivity index (χ0) is 12.3. The van der Waals surface area contributed by atoms with Crippen LogP contribution in [0.2, 0.25) is 0 Å². The largest absolute Gasteiger partial charge is 0.396 e. The lowest BCUT2D eigenvalue weighted by Crippen LogP contribution is -2.19. The molecule has 2 unspecified atom stereocenters. The van der Waals surface area contributed by atoms with Crippen LogP contribution in [0.15, 0.2) is 42.5 Å². The van der Waals surface area contributed by atoms with Crippen molar-refractivity contribution < 1.29 is 15.3 Å². The molecule has 2 aromatic carbocycles. The van der Waals surface area contributed by atoms with Crippen LogP contribution in [0, 0.1) is 0 Å². The average molecular weight is 232 g/mol. The first kappa shape index (κ1) is 12.0. The number of aliphatic hydroxyl groups is 3. The molecule has 0 amide bonds. The number of fused-ring (bicyclic) bond motifs is 1. The van der Waals surface area contributed by atoms with E-state index in [2.05, 4.69) is 0 Å².